The van der Waals surface area contributed by atoms with Crippen molar-refractivity contribution in [3.63, 3.8) is 0 Å². The summed E-state index contributed by atoms with van der Waals surface area (Å²) in [5.74, 6) is 1.03. The van der Waals surface area contributed by atoms with Crippen molar-refractivity contribution in [2.24, 2.45) is 0 Å². The highest BCUT2D eigenvalue weighted by molar-refractivity contribution is 7.89. The molecule has 1 heterocycles. The predicted molar refractivity (Wildman–Crippen MR) is 83.5 cm³/mol. The molecular formula is C14H21ClN2O3S. The van der Waals surface area contributed by atoms with E-state index in [-0.39, 0.29) is 0 Å². The summed E-state index contributed by atoms with van der Waals surface area (Å²) in [5, 5.41) is 0. The molecule has 0 amide bonds. The van der Waals surface area contributed by atoms with Gasteiger partial charge in [-0.1, -0.05) is 6.92 Å². The maximum atomic E-state index is 12.6. The highest BCUT2D eigenvalue weighted by atomic mass is 35.5. The normalized spacial score (nSPS) is 17.8. The van der Waals surface area contributed by atoms with E-state index in [2.05, 4.69) is 11.8 Å². The fraction of sp³-hybridized carbons (Fsp3) is 0.571. The van der Waals surface area contributed by atoms with Crippen LogP contribution in [0.2, 0.25) is 0 Å². The van der Waals surface area contributed by atoms with Crippen LogP contribution < -0.4 is 4.74 Å². The van der Waals surface area contributed by atoms with Gasteiger partial charge in [-0.2, -0.15) is 4.31 Å². The Labute approximate surface area is 131 Å². The van der Waals surface area contributed by atoms with E-state index in [9.17, 15) is 8.42 Å². The van der Waals surface area contributed by atoms with Crippen molar-refractivity contribution < 1.29 is 13.2 Å². The molecule has 0 N–H and O–H groups in total. The molecule has 0 radical (unpaired) electrons. The van der Waals surface area contributed by atoms with E-state index < -0.39 is 10.0 Å². The Morgan fingerprint density at radius 3 is 2.29 bits per heavy atom. The molecule has 0 aliphatic carbocycles. The average Bonchev–Trinajstić information content (AvgIpc) is 2.53. The highest BCUT2D eigenvalue weighted by Gasteiger charge is 2.27. The zero-order valence-electron chi connectivity index (χ0n) is 12.2. The van der Waals surface area contributed by atoms with Crippen LogP contribution in [-0.2, 0) is 10.0 Å². The second-order valence-electron chi connectivity index (χ2n) is 4.85. The molecular weight excluding hydrogens is 312 g/mol. The van der Waals surface area contributed by atoms with Gasteiger partial charge in [-0.15, -0.1) is 11.6 Å². The number of hydrogen-bond donors (Lipinski definition) is 0. The second-order valence-corrected chi connectivity index (χ2v) is 7.16. The lowest BCUT2D eigenvalue weighted by molar-refractivity contribution is 0.196. The Morgan fingerprint density at radius 2 is 1.76 bits per heavy atom. The lowest BCUT2D eigenvalue weighted by atomic mass is 10.3. The van der Waals surface area contributed by atoms with E-state index in [1.54, 1.807) is 28.6 Å². The summed E-state index contributed by atoms with van der Waals surface area (Å²) in [7, 11) is -3.41. The average molecular weight is 333 g/mol. The summed E-state index contributed by atoms with van der Waals surface area (Å²) >= 11 is 5.55. The van der Waals surface area contributed by atoms with Gasteiger partial charge in [0.2, 0.25) is 10.0 Å². The van der Waals surface area contributed by atoms with Crippen molar-refractivity contribution >= 4 is 21.6 Å². The minimum absolute atomic E-state index is 0.311. The maximum absolute atomic E-state index is 12.6. The van der Waals surface area contributed by atoms with Crippen molar-refractivity contribution in [2.45, 2.75) is 11.8 Å². The van der Waals surface area contributed by atoms with Gasteiger partial charge >= 0.3 is 0 Å². The van der Waals surface area contributed by atoms with E-state index in [0.29, 0.717) is 36.2 Å². The second kappa shape index (κ2) is 7.45. The van der Waals surface area contributed by atoms with Gasteiger partial charge in [0.1, 0.15) is 12.4 Å². The third kappa shape index (κ3) is 4.10. The number of halogens is 1. The maximum Gasteiger partial charge on any atom is 0.243 e. The standard InChI is InChI=1S/C14H21ClN2O3S/c1-2-16-8-10-17(11-9-16)21(18,19)14-5-3-13(4-6-14)20-12-7-15/h3-6H,2,7-12H2,1H3. The number of nitrogens with zero attached hydrogens (tertiary/aromatic N) is 2. The van der Waals surface area contributed by atoms with Crippen LogP contribution in [0.25, 0.3) is 0 Å². The lowest BCUT2D eigenvalue weighted by Gasteiger charge is -2.33. The Hall–Kier alpha value is -0.820. The number of hydrogen-bond acceptors (Lipinski definition) is 4. The van der Waals surface area contributed by atoms with Gasteiger partial charge in [0.05, 0.1) is 10.8 Å². The number of rotatable bonds is 6. The van der Waals surface area contributed by atoms with Crippen LogP contribution in [0.3, 0.4) is 0 Å². The van der Waals surface area contributed by atoms with Gasteiger partial charge in [0, 0.05) is 26.2 Å². The van der Waals surface area contributed by atoms with Crippen molar-refractivity contribution in [3.8, 4) is 5.75 Å². The first-order chi connectivity index (χ1) is 10.1. The SMILES string of the molecule is CCN1CCN(S(=O)(=O)c2ccc(OCCCl)cc2)CC1. The van der Waals surface area contributed by atoms with Crippen LogP contribution in [0.15, 0.2) is 29.2 Å². The zero-order chi connectivity index (χ0) is 15.3. The van der Waals surface area contributed by atoms with E-state index >= 15 is 0 Å². The monoisotopic (exact) mass is 332 g/mol. The molecule has 5 nitrogen and oxygen atoms in total. The quantitative estimate of drug-likeness (QED) is 0.743. The van der Waals surface area contributed by atoms with Crippen molar-refractivity contribution in [1.82, 2.24) is 9.21 Å². The first-order valence-electron chi connectivity index (χ1n) is 7.09. The molecule has 0 atom stereocenters. The first kappa shape index (κ1) is 16.5. The van der Waals surface area contributed by atoms with Crippen LogP contribution in [0.5, 0.6) is 5.75 Å². The number of likely N-dealkylation sites (N-methyl/N-ethyl adjacent to an activating group) is 1. The number of sulfonamides is 1. The Kier molecular flexibility index (Phi) is 5.87. The third-order valence-corrected chi connectivity index (χ3v) is 5.65. The van der Waals surface area contributed by atoms with Crippen molar-refractivity contribution in [3.05, 3.63) is 24.3 Å². The van der Waals surface area contributed by atoms with Crippen LogP contribution >= 0.6 is 11.6 Å². The molecule has 1 saturated heterocycles. The van der Waals surface area contributed by atoms with Gasteiger partial charge in [0.15, 0.2) is 0 Å². The molecule has 21 heavy (non-hydrogen) atoms. The summed E-state index contributed by atoms with van der Waals surface area (Å²) in [6.07, 6.45) is 0. The molecule has 118 valence electrons. The number of alkyl halides is 1. The van der Waals surface area contributed by atoms with Crippen LogP contribution in [0, 0.1) is 0 Å². The van der Waals surface area contributed by atoms with E-state index in [0.717, 1.165) is 19.6 Å². The van der Waals surface area contributed by atoms with Crippen molar-refractivity contribution in [2.75, 3.05) is 45.2 Å². The molecule has 0 bridgehead atoms. The smallest absolute Gasteiger partial charge is 0.243 e. The summed E-state index contributed by atoms with van der Waals surface area (Å²) in [6, 6.07) is 6.51. The van der Waals surface area contributed by atoms with Gasteiger partial charge < -0.3 is 9.64 Å². The van der Waals surface area contributed by atoms with Gasteiger partial charge in [-0.3, -0.25) is 0 Å². The van der Waals surface area contributed by atoms with Gasteiger partial charge in [-0.05, 0) is 30.8 Å². The Balaban J connectivity index is 2.05. The fourth-order valence-electron chi connectivity index (χ4n) is 2.30. The number of benzene rings is 1. The van der Waals surface area contributed by atoms with Gasteiger partial charge in [0.25, 0.3) is 0 Å². The zero-order valence-corrected chi connectivity index (χ0v) is 13.7. The highest BCUT2D eigenvalue weighted by Crippen LogP contribution is 2.20. The molecule has 0 saturated carbocycles. The Bertz CT molecular complexity index is 540. The summed E-state index contributed by atoms with van der Waals surface area (Å²) in [6.45, 7) is 6.11. The minimum Gasteiger partial charge on any atom is -0.492 e. The van der Waals surface area contributed by atoms with Crippen LogP contribution in [0.4, 0.5) is 0 Å². The molecule has 7 heteroatoms. The molecule has 1 aromatic carbocycles. The first-order valence-corrected chi connectivity index (χ1v) is 9.06. The molecule has 1 aliphatic heterocycles. The number of piperazine rings is 1. The molecule has 1 aromatic rings. The van der Waals surface area contributed by atoms with E-state index in [1.165, 1.54) is 0 Å². The fourth-order valence-corrected chi connectivity index (χ4v) is 3.80. The Morgan fingerprint density at radius 1 is 1.14 bits per heavy atom. The molecule has 0 aromatic heterocycles. The van der Waals surface area contributed by atoms with Crippen molar-refractivity contribution in [1.29, 1.82) is 0 Å². The lowest BCUT2D eigenvalue weighted by Crippen LogP contribution is -2.48. The molecule has 2 rings (SSSR count). The summed E-state index contributed by atoms with van der Waals surface area (Å²) < 4.78 is 32.0. The third-order valence-electron chi connectivity index (χ3n) is 3.59. The minimum atomic E-state index is -3.41. The molecule has 1 fully saturated rings. The number of ether oxygens (including phenoxy) is 1. The van der Waals surface area contributed by atoms with Crippen LogP contribution in [0.1, 0.15) is 6.92 Å². The molecule has 1 aliphatic rings. The molecule has 0 spiro atoms. The van der Waals surface area contributed by atoms with Gasteiger partial charge in [-0.25, -0.2) is 8.42 Å². The topological polar surface area (TPSA) is 49.9 Å². The summed E-state index contributed by atoms with van der Waals surface area (Å²) in [5.41, 5.74) is 0. The van der Waals surface area contributed by atoms with E-state index in [4.69, 9.17) is 16.3 Å². The van der Waals surface area contributed by atoms with Crippen LogP contribution in [-0.4, -0.2) is 62.8 Å². The predicted octanol–water partition coefficient (Wildman–Crippen LogP) is 1.63. The molecule has 0 unspecified atom stereocenters. The largest absolute Gasteiger partial charge is 0.492 e. The van der Waals surface area contributed by atoms with E-state index in [1.807, 2.05) is 0 Å². The summed E-state index contributed by atoms with van der Waals surface area (Å²) in [4.78, 5) is 2.56.